The number of thioether (sulfide) groups is 1. The van der Waals surface area contributed by atoms with Crippen LogP contribution in [0.2, 0.25) is 5.02 Å². The molecule has 0 heterocycles. The van der Waals surface area contributed by atoms with Gasteiger partial charge < -0.3 is 5.11 Å². The Bertz CT molecular complexity index is 528. The fourth-order valence-electron chi connectivity index (χ4n) is 1.51. The van der Waals surface area contributed by atoms with Crippen LogP contribution in [0, 0.1) is 5.82 Å². The highest BCUT2D eigenvalue weighted by molar-refractivity contribution is 7.98. The van der Waals surface area contributed by atoms with Crippen LogP contribution in [0.25, 0.3) is 0 Å². The lowest BCUT2D eigenvalue weighted by Gasteiger charge is -2.05. The zero-order valence-corrected chi connectivity index (χ0v) is 11.1. The Balaban J connectivity index is 2.04. The number of hydrogen-bond acceptors (Lipinski definition) is 2. The maximum Gasteiger partial charge on any atom is 0.142 e. The molecule has 4 heteroatoms. The fourth-order valence-corrected chi connectivity index (χ4v) is 2.68. The molecule has 0 saturated heterocycles. The maximum absolute atomic E-state index is 13.2. The van der Waals surface area contributed by atoms with Crippen LogP contribution in [-0.2, 0) is 12.4 Å². The smallest absolute Gasteiger partial charge is 0.142 e. The van der Waals surface area contributed by atoms with Crippen molar-refractivity contribution >= 4 is 23.4 Å². The minimum absolute atomic E-state index is 0.0423. The third kappa shape index (κ3) is 3.25. The van der Waals surface area contributed by atoms with E-state index in [0.717, 1.165) is 16.0 Å². The van der Waals surface area contributed by atoms with E-state index in [4.69, 9.17) is 16.7 Å². The molecule has 0 aromatic heterocycles. The Morgan fingerprint density at radius 3 is 2.50 bits per heavy atom. The summed E-state index contributed by atoms with van der Waals surface area (Å²) in [6.45, 7) is 0.0423. The highest BCUT2D eigenvalue weighted by Crippen LogP contribution is 2.28. The van der Waals surface area contributed by atoms with E-state index in [1.165, 1.54) is 6.07 Å². The van der Waals surface area contributed by atoms with Gasteiger partial charge in [-0.2, -0.15) is 0 Å². The summed E-state index contributed by atoms with van der Waals surface area (Å²) in [5.74, 6) is 0.236. The largest absolute Gasteiger partial charge is 0.392 e. The van der Waals surface area contributed by atoms with Crippen molar-refractivity contribution in [3.8, 4) is 0 Å². The van der Waals surface area contributed by atoms with Crippen LogP contribution in [0.15, 0.2) is 47.4 Å². The molecule has 0 aliphatic carbocycles. The summed E-state index contributed by atoms with van der Waals surface area (Å²) in [5.41, 5.74) is 1.66. The minimum Gasteiger partial charge on any atom is -0.392 e. The van der Waals surface area contributed by atoms with Crippen molar-refractivity contribution < 1.29 is 9.50 Å². The van der Waals surface area contributed by atoms with Crippen molar-refractivity contribution in [3.05, 3.63) is 64.4 Å². The van der Waals surface area contributed by atoms with Crippen molar-refractivity contribution in [3.63, 3.8) is 0 Å². The summed E-state index contributed by atoms with van der Waals surface area (Å²) in [6.07, 6.45) is 0. The van der Waals surface area contributed by atoms with Crippen LogP contribution in [0.5, 0.6) is 0 Å². The van der Waals surface area contributed by atoms with E-state index in [1.807, 2.05) is 30.3 Å². The van der Waals surface area contributed by atoms with Gasteiger partial charge in [0.1, 0.15) is 5.82 Å². The fraction of sp³-hybridized carbons (Fsp3) is 0.143. The third-order valence-electron chi connectivity index (χ3n) is 2.53. The van der Waals surface area contributed by atoms with Crippen LogP contribution < -0.4 is 0 Å². The summed E-state index contributed by atoms with van der Waals surface area (Å²) in [6, 6.07) is 12.4. The first-order valence-electron chi connectivity index (χ1n) is 5.46. The molecule has 0 amide bonds. The van der Waals surface area contributed by atoms with Gasteiger partial charge >= 0.3 is 0 Å². The van der Waals surface area contributed by atoms with E-state index < -0.39 is 0 Å². The molecule has 18 heavy (non-hydrogen) atoms. The van der Waals surface area contributed by atoms with Gasteiger partial charge in [0.25, 0.3) is 0 Å². The minimum atomic E-state index is -0.384. The first-order chi connectivity index (χ1) is 8.70. The lowest BCUT2D eigenvalue weighted by Crippen LogP contribution is -1.87. The first kappa shape index (κ1) is 13.4. The van der Waals surface area contributed by atoms with Crippen LogP contribution in [0.4, 0.5) is 4.39 Å². The van der Waals surface area contributed by atoms with Gasteiger partial charge in [0.05, 0.1) is 11.6 Å². The molecule has 0 saturated carbocycles. The van der Waals surface area contributed by atoms with Gasteiger partial charge in [-0.15, -0.1) is 11.8 Å². The molecule has 0 bridgehead atoms. The average Bonchev–Trinajstić information content (AvgIpc) is 2.41. The Kier molecular flexibility index (Phi) is 4.64. The Morgan fingerprint density at radius 1 is 1.11 bits per heavy atom. The first-order valence-corrected chi connectivity index (χ1v) is 6.82. The second kappa shape index (κ2) is 6.23. The molecule has 0 unspecified atom stereocenters. The van der Waals surface area contributed by atoms with Crippen molar-refractivity contribution in [1.82, 2.24) is 0 Å². The normalized spacial score (nSPS) is 10.6. The van der Waals surface area contributed by atoms with Gasteiger partial charge in [-0.1, -0.05) is 35.9 Å². The predicted octanol–water partition coefficient (Wildman–Crippen LogP) is 4.26. The monoisotopic (exact) mass is 282 g/mol. The molecule has 0 atom stereocenters. The molecule has 0 fully saturated rings. The molecule has 0 radical (unpaired) electrons. The van der Waals surface area contributed by atoms with Gasteiger partial charge in [0.15, 0.2) is 0 Å². The number of halogens is 2. The van der Waals surface area contributed by atoms with E-state index in [0.29, 0.717) is 5.75 Å². The lowest BCUT2D eigenvalue weighted by molar-refractivity contribution is 0.282. The molecule has 0 aliphatic rings. The number of benzene rings is 2. The molecule has 2 aromatic rings. The van der Waals surface area contributed by atoms with E-state index in [-0.39, 0.29) is 17.4 Å². The highest BCUT2D eigenvalue weighted by Gasteiger charge is 2.05. The molecule has 2 aromatic carbocycles. The summed E-state index contributed by atoms with van der Waals surface area (Å²) < 4.78 is 13.2. The Hall–Kier alpha value is -1.03. The van der Waals surface area contributed by atoms with Crippen LogP contribution in [0.3, 0.4) is 0 Å². The topological polar surface area (TPSA) is 20.2 Å². The zero-order valence-electron chi connectivity index (χ0n) is 9.57. The van der Waals surface area contributed by atoms with Crippen molar-refractivity contribution in [2.45, 2.75) is 17.3 Å². The second-order valence-corrected chi connectivity index (χ2v) is 5.23. The number of aliphatic hydroxyl groups is 1. The van der Waals surface area contributed by atoms with Crippen LogP contribution in [0.1, 0.15) is 11.1 Å². The zero-order chi connectivity index (χ0) is 13.0. The van der Waals surface area contributed by atoms with Crippen molar-refractivity contribution in [2.24, 2.45) is 0 Å². The van der Waals surface area contributed by atoms with Crippen LogP contribution >= 0.6 is 23.4 Å². The summed E-state index contributed by atoms with van der Waals surface area (Å²) in [5, 5.41) is 9.13. The Morgan fingerprint density at radius 2 is 1.83 bits per heavy atom. The summed E-state index contributed by atoms with van der Waals surface area (Å²) in [7, 11) is 0. The molecule has 0 spiro atoms. The van der Waals surface area contributed by atoms with Gasteiger partial charge in [-0.25, -0.2) is 4.39 Å². The van der Waals surface area contributed by atoms with Gasteiger partial charge in [-0.3, -0.25) is 0 Å². The van der Waals surface area contributed by atoms with Crippen molar-refractivity contribution in [1.29, 1.82) is 0 Å². The molecule has 94 valence electrons. The molecule has 1 N–H and O–H groups in total. The van der Waals surface area contributed by atoms with E-state index in [9.17, 15) is 4.39 Å². The molecule has 1 nitrogen and oxygen atoms in total. The number of aliphatic hydroxyl groups excluding tert-OH is 1. The van der Waals surface area contributed by atoms with Crippen LogP contribution in [-0.4, -0.2) is 5.11 Å². The second-order valence-electron chi connectivity index (χ2n) is 3.80. The highest BCUT2D eigenvalue weighted by atomic mass is 35.5. The number of rotatable bonds is 4. The third-order valence-corrected chi connectivity index (χ3v) is 4.02. The molecular formula is C14H12ClFOS. The summed E-state index contributed by atoms with van der Waals surface area (Å²) >= 11 is 7.47. The predicted molar refractivity (Wildman–Crippen MR) is 73.3 cm³/mol. The molecular weight excluding hydrogens is 271 g/mol. The van der Waals surface area contributed by atoms with Gasteiger partial charge in [-0.05, 0) is 29.3 Å². The maximum atomic E-state index is 13.2. The molecule has 2 rings (SSSR count). The van der Waals surface area contributed by atoms with Crippen molar-refractivity contribution in [2.75, 3.05) is 0 Å². The van der Waals surface area contributed by atoms with Gasteiger partial charge in [0.2, 0.25) is 0 Å². The Labute approximate surface area is 115 Å². The van der Waals surface area contributed by atoms with E-state index in [2.05, 4.69) is 0 Å². The number of hydrogen-bond donors (Lipinski definition) is 1. The quantitative estimate of drug-likeness (QED) is 0.846. The SMILES string of the molecule is OCc1ccc(SCc2cccc(F)c2Cl)cc1. The summed E-state index contributed by atoms with van der Waals surface area (Å²) in [4.78, 5) is 1.06. The average molecular weight is 283 g/mol. The van der Waals surface area contributed by atoms with Gasteiger partial charge in [0, 0.05) is 10.6 Å². The van der Waals surface area contributed by atoms with E-state index >= 15 is 0 Å². The standard InChI is InChI=1S/C14H12ClFOS/c15-14-11(2-1-3-13(14)16)9-18-12-6-4-10(8-17)5-7-12/h1-7,17H,8-9H2. The molecule has 0 aliphatic heterocycles. The lowest BCUT2D eigenvalue weighted by atomic mass is 10.2. The van der Waals surface area contributed by atoms with E-state index in [1.54, 1.807) is 17.8 Å².